The van der Waals surface area contributed by atoms with Gasteiger partial charge in [0.25, 0.3) is 0 Å². The fourth-order valence-corrected chi connectivity index (χ4v) is 1.30. The Morgan fingerprint density at radius 3 is 3.17 bits per heavy atom. The van der Waals surface area contributed by atoms with Crippen LogP contribution in [-0.2, 0) is 0 Å². The SMILES string of the molecule is N#CC[C@H]1CNCCN1C(=O)O. The van der Waals surface area contributed by atoms with Crippen molar-refractivity contribution < 1.29 is 9.90 Å². The number of nitrogens with zero attached hydrogens (tertiary/aromatic N) is 2. The lowest BCUT2D eigenvalue weighted by Gasteiger charge is -2.32. The number of rotatable bonds is 1. The molecule has 0 aliphatic carbocycles. The average molecular weight is 169 g/mol. The molecule has 0 unspecified atom stereocenters. The molecule has 0 aromatic carbocycles. The number of nitriles is 1. The van der Waals surface area contributed by atoms with Crippen molar-refractivity contribution in [2.45, 2.75) is 12.5 Å². The van der Waals surface area contributed by atoms with Crippen LogP contribution in [0.25, 0.3) is 0 Å². The minimum Gasteiger partial charge on any atom is -0.465 e. The largest absolute Gasteiger partial charge is 0.465 e. The molecule has 1 aliphatic heterocycles. The fraction of sp³-hybridized carbons (Fsp3) is 0.714. The van der Waals surface area contributed by atoms with Crippen LogP contribution in [0.4, 0.5) is 4.79 Å². The van der Waals surface area contributed by atoms with Gasteiger partial charge in [0.15, 0.2) is 0 Å². The third-order valence-corrected chi connectivity index (χ3v) is 1.92. The summed E-state index contributed by atoms with van der Waals surface area (Å²) in [6.45, 7) is 1.73. The summed E-state index contributed by atoms with van der Waals surface area (Å²) in [6, 6.07) is 1.80. The smallest absolute Gasteiger partial charge is 0.407 e. The molecule has 1 heterocycles. The first-order valence-electron chi connectivity index (χ1n) is 3.83. The number of amides is 1. The molecule has 0 aromatic rings. The molecule has 0 aromatic heterocycles. The normalized spacial score (nSPS) is 23.2. The molecule has 1 atom stereocenters. The van der Waals surface area contributed by atoms with Crippen LogP contribution in [0.5, 0.6) is 0 Å². The Morgan fingerprint density at radius 1 is 1.83 bits per heavy atom. The Labute approximate surface area is 70.6 Å². The van der Waals surface area contributed by atoms with Crippen LogP contribution >= 0.6 is 0 Å². The van der Waals surface area contributed by atoms with Crippen LogP contribution in [0, 0.1) is 11.3 Å². The molecule has 5 heteroatoms. The first kappa shape index (κ1) is 8.81. The van der Waals surface area contributed by atoms with E-state index in [0.717, 1.165) is 0 Å². The molecule has 12 heavy (non-hydrogen) atoms. The molecular weight excluding hydrogens is 158 g/mol. The summed E-state index contributed by atoms with van der Waals surface area (Å²) < 4.78 is 0. The van der Waals surface area contributed by atoms with E-state index in [1.165, 1.54) is 4.90 Å². The van der Waals surface area contributed by atoms with Gasteiger partial charge in [-0.25, -0.2) is 4.79 Å². The highest BCUT2D eigenvalue weighted by Crippen LogP contribution is 2.06. The van der Waals surface area contributed by atoms with Gasteiger partial charge in [0.1, 0.15) is 0 Å². The number of carboxylic acid groups (broad SMARTS) is 1. The first-order chi connectivity index (χ1) is 5.75. The number of piperazine rings is 1. The Bertz CT molecular complexity index is 211. The van der Waals surface area contributed by atoms with Gasteiger partial charge in [-0.2, -0.15) is 5.26 Å². The number of hydrogen-bond donors (Lipinski definition) is 2. The van der Waals surface area contributed by atoms with Crippen molar-refractivity contribution in [1.82, 2.24) is 10.2 Å². The van der Waals surface area contributed by atoms with Crippen molar-refractivity contribution in [1.29, 1.82) is 5.26 Å². The predicted molar refractivity (Wildman–Crippen MR) is 41.6 cm³/mol. The topological polar surface area (TPSA) is 76.4 Å². The molecule has 1 rings (SSSR count). The molecular formula is C7H11N3O2. The van der Waals surface area contributed by atoms with E-state index < -0.39 is 6.09 Å². The Kier molecular flexibility index (Phi) is 2.88. The van der Waals surface area contributed by atoms with Crippen molar-refractivity contribution in [3.8, 4) is 6.07 Å². The second-order valence-corrected chi connectivity index (χ2v) is 2.70. The zero-order valence-corrected chi connectivity index (χ0v) is 6.66. The van der Waals surface area contributed by atoms with Gasteiger partial charge in [0, 0.05) is 19.6 Å². The first-order valence-corrected chi connectivity index (χ1v) is 3.83. The van der Waals surface area contributed by atoms with Crippen LogP contribution in [0.15, 0.2) is 0 Å². The van der Waals surface area contributed by atoms with E-state index in [-0.39, 0.29) is 12.5 Å². The molecule has 1 fully saturated rings. The van der Waals surface area contributed by atoms with Gasteiger partial charge >= 0.3 is 6.09 Å². The van der Waals surface area contributed by atoms with E-state index in [2.05, 4.69) is 5.32 Å². The van der Waals surface area contributed by atoms with E-state index >= 15 is 0 Å². The van der Waals surface area contributed by atoms with E-state index in [4.69, 9.17) is 10.4 Å². The van der Waals surface area contributed by atoms with Crippen molar-refractivity contribution in [3.63, 3.8) is 0 Å². The molecule has 0 saturated carbocycles. The zero-order valence-electron chi connectivity index (χ0n) is 6.66. The summed E-state index contributed by atoms with van der Waals surface area (Å²) in [5.74, 6) is 0. The van der Waals surface area contributed by atoms with Gasteiger partial charge < -0.3 is 15.3 Å². The van der Waals surface area contributed by atoms with Crippen molar-refractivity contribution in [3.05, 3.63) is 0 Å². The Morgan fingerprint density at radius 2 is 2.58 bits per heavy atom. The van der Waals surface area contributed by atoms with Crippen LogP contribution in [0.2, 0.25) is 0 Å². The van der Waals surface area contributed by atoms with E-state index in [9.17, 15) is 4.79 Å². The van der Waals surface area contributed by atoms with Crippen LogP contribution in [0.3, 0.4) is 0 Å². The highest BCUT2D eigenvalue weighted by Gasteiger charge is 2.25. The van der Waals surface area contributed by atoms with Gasteiger partial charge in [0.2, 0.25) is 0 Å². The van der Waals surface area contributed by atoms with Gasteiger partial charge in [-0.3, -0.25) is 0 Å². The van der Waals surface area contributed by atoms with Crippen LogP contribution in [-0.4, -0.2) is 41.8 Å². The van der Waals surface area contributed by atoms with Crippen molar-refractivity contribution >= 4 is 6.09 Å². The van der Waals surface area contributed by atoms with Gasteiger partial charge in [-0.15, -0.1) is 0 Å². The summed E-state index contributed by atoms with van der Waals surface area (Å²) in [5, 5.41) is 20.2. The predicted octanol–water partition coefficient (Wildman–Crippen LogP) is -0.148. The molecule has 1 aliphatic rings. The maximum absolute atomic E-state index is 10.6. The summed E-state index contributed by atoms with van der Waals surface area (Å²) in [5.41, 5.74) is 0. The van der Waals surface area contributed by atoms with Gasteiger partial charge in [-0.05, 0) is 0 Å². The molecule has 0 spiro atoms. The molecule has 2 N–H and O–H groups in total. The molecule has 0 bridgehead atoms. The minimum absolute atomic E-state index is 0.179. The van der Waals surface area contributed by atoms with Crippen molar-refractivity contribution in [2.75, 3.05) is 19.6 Å². The minimum atomic E-state index is -0.934. The highest BCUT2D eigenvalue weighted by atomic mass is 16.4. The van der Waals surface area contributed by atoms with Gasteiger partial charge in [0.05, 0.1) is 18.5 Å². The average Bonchev–Trinajstić information content (AvgIpc) is 2.05. The molecule has 1 amide bonds. The summed E-state index contributed by atoms with van der Waals surface area (Å²) >= 11 is 0. The number of nitrogens with one attached hydrogen (secondary N) is 1. The Balaban J connectivity index is 2.55. The zero-order chi connectivity index (χ0) is 8.97. The maximum atomic E-state index is 10.6. The van der Waals surface area contributed by atoms with E-state index in [1.54, 1.807) is 0 Å². The second-order valence-electron chi connectivity index (χ2n) is 2.70. The van der Waals surface area contributed by atoms with Crippen LogP contribution < -0.4 is 5.32 Å². The molecule has 0 radical (unpaired) electrons. The van der Waals surface area contributed by atoms with Crippen molar-refractivity contribution in [2.24, 2.45) is 0 Å². The van der Waals surface area contributed by atoms with E-state index in [0.29, 0.717) is 19.6 Å². The maximum Gasteiger partial charge on any atom is 0.407 e. The lowest BCUT2D eigenvalue weighted by molar-refractivity contribution is 0.113. The fourth-order valence-electron chi connectivity index (χ4n) is 1.30. The molecule has 1 saturated heterocycles. The summed E-state index contributed by atoms with van der Waals surface area (Å²) in [4.78, 5) is 11.9. The second kappa shape index (κ2) is 3.93. The van der Waals surface area contributed by atoms with E-state index in [1.807, 2.05) is 6.07 Å². The third-order valence-electron chi connectivity index (χ3n) is 1.92. The molecule has 5 nitrogen and oxygen atoms in total. The lowest BCUT2D eigenvalue weighted by Crippen LogP contribution is -2.53. The monoisotopic (exact) mass is 169 g/mol. The molecule has 66 valence electrons. The lowest BCUT2D eigenvalue weighted by atomic mass is 10.1. The number of hydrogen-bond acceptors (Lipinski definition) is 3. The third kappa shape index (κ3) is 1.86. The standard InChI is InChI=1S/C7H11N3O2/c8-2-1-6-5-9-3-4-10(6)7(11)12/h6,9H,1,3-5H2,(H,11,12)/t6-/m0/s1. The van der Waals surface area contributed by atoms with Gasteiger partial charge in [-0.1, -0.05) is 0 Å². The highest BCUT2D eigenvalue weighted by molar-refractivity contribution is 5.65. The number of carbonyl (C=O) groups is 1. The van der Waals surface area contributed by atoms with Crippen LogP contribution in [0.1, 0.15) is 6.42 Å². The summed E-state index contributed by atoms with van der Waals surface area (Å²) in [6.07, 6.45) is -0.670. The Hall–Kier alpha value is -1.28. The summed E-state index contributed by atoms with van der Waals surface area (Å²) in [7, 11) is 0. The quantitative estimate of drug-likeness (QED) is 0.572.